The highest BCUT2D eigenvalue weighted by atomic mass is 35.6. The summed E-state index contributed by atoms with van der Waals surface area (Å²) in [6.45, 7) is 4.45. The van der Waals surface area contributed by atoms with E-state index in [9.17, 15) is 4.79 Å². The number of halogens is 3. The van der Waals surface area contributed by atoms with Gasteiger partial charge in [-0.2, -0.15) is 0 Å². The minimum absolute atomic E-state index is 0.380. The van der Waals surface area contributed by atoms with Crippen molar-refractivity contribution in [3.05, 3.63) is 12.2 Å². The van der Waals surface area contributed by atoms with Crippen molar-refractivity contribution in [2.75, 3.05) is 6.54 Å². The lowest BCUT2D eigenvalue weighted by Crippen LogP contribution is -2.34. The maximum Gasteiger partial charge on any atom is 0.272 e. The van der Waals surface area contributed by atoms with Gasteiger partial charge in [0, 0.05) is 6.54 Å². The van der Waals surface area contributed by atoms with Crippen molar-refractivity contribution >= 4 is 40.7 Å². The number of carbonyl (C=O) groups excluding carboxylic acids is 1. The molecule has 0 bridgehead atoms. The van der Waals surface area contributed by atoms with Gasteiger partial charge in [0.15, 0.2) is 0 Å². The molecule has 1 amide bonds. The average Bonchev–Trinajstić information content (AvgIpc) is 1.95. The van der Waals surface area contributed by atoms with Crippen molar-refractivity contribution in [2.45, 2.75) is 17.6 Å². The lowest BCUT2D eigenvalue weighted by Gasteiger charge is -2.09. The third-order valence-corrected chi connectivity index (χ3v) is 1.67. The van der Waals surface area contributed by atoms with Gasteiger partial charge in [0.05, 0.1) is 0 Å². The molecule has 0 aliphatic heterocycles. The Morgan fingerprint density at radius 2 is 2.00 bits per heavy atom. The van der Waals surface area contributed by atoms with Gasteiger partial charge >= 0.3 is 0 Å². The highest BCUT2D eigenvalue weighted by molar-refractivity contribution is 6.76. The fraction of sp³-hybridized carbons (Fsp3) is 0.625. The van der Waals surface area contributed by atoms with Crippen LogP contribution in [-0.4, -0.2) is 16.2 Å². The van der Waals surface area contributed by atoms with Gasteiger partial charge in [0.25, 0.3) is 9.70 Å². The summed E-state index contributed by atoms with van der Waals surface area (Å²) in [5.41, 5.74) is 0. The molecule has 0 unspecified atom stereocenters. The van der Waals surface area contributed by atoms with E-state index < -0.39 is 9.70 Å². The first-order valence-corrected chi connectivity index (χ1v) is 4.99. The number of allylic oxidation sites excluding steroid dienone is 1. The summed E-state index contributed by atoms with van der Waals surface area (Å²) in [5.74, 6) is -0.157. The minimum Gasteiger partial charge on any atom is -0.349 e. The van der Waals surface area contributed by atoms with E-state index in [-0.39, 0.29) is 0 Å². The molecular weight excluding hydrogens is 232 g/mol. The van der Waals surface area contributed by atoms with Crippen molar-refractivity contribution in [2.24, 2.45) is 5.92 Å². The van der Waals surface area contributed by atoms with Crippen LogP contribution < -0.4 is 5.32 Å². The first kappa shape index (κ1) is 13.1. The molecule has 0 saturated heterocycles. The zero-order valence-electron chi connectivity index (χ0n) is 7.48. The predicted molar refractivity (Wildman–Crippen MR) is 57.3 cm³/mol. The summed E-state index contributed by atoms with van der Waals surface area (Å²) in [5, 5.41) is 2.46. The molecule has 1 N–H and O–H groups in total. The van der Waals surface area contributed by atoms with Gasteiger partial charge in [-0.15, -0.1) is 0 Å². The van der Waals surface area contributed by atoms with Crippen LogP contribution in [0.2, 0.25) is 0 Å². The molecule has 0 rings (SSSR count). The lowest BCUT2D eigenvalue weighted by atomic mass is 10.2. The second-order valence-electron chi connectivity index (χ2n) is 2.88. The molecule has 5 heteroatoms. The Balaban J connectivity index is 3.73. The lowest BCUT2D eigenvalue weighted by molar-refractivity contribution is -0.120. The van der Waals surface area contributed by atoms with E-state index in [2.05, 4.69) is 5.32 Å². The van der Waals surface area contributed by atoms with Gasteiger partial charge in [0.1, 0.15) is 0 Å². The molecular formula is C8H12Cl3NO. The zero-order valence-corrected chi connectivity index (χ0v) is 9.75. The Hall–Kier alpha value is 0.0800. The second kappa shape index (κ2) is 5.74. The maximum absolute atomic E-state index is 11.0. The summed E-state index contributed by atoms with van der Waals surface area (Å²) in [7, 11) is 0. The Morgan fingerprint density at radius 3 is 2.38 bits per heavy atom. The van der Waals surface area contributed by atoms with Crippen LogP contribution in [0.4, 0.5) is 0 Å². The van der Waals surface area contributed by atoms with Crippen LogP contribution >= 0.6 is 34.8 Å². The molecule has 0 aliphatic rings. The number of amides is 1. The van der Waals surface area contributed by atoms with E-state index in [0.29, 0.717) is 12.5 Å². The summed E-state index contributed by atoms with van der Waals surface area (Å²) in [6, 6.07) is 0. The molecule has 0 saturated carbocycles. The standard InChI is InChI=1S/C8H12Cl3NO/c1-6(2)4-3-5-12-7(13)8(9,10)11/h3-4,6H,5H2,1-2H3,(H,12,13)/b4-3+. The Kier molecular flexibility index (Phi) is 5.77. The minimum atomic E-state index is -1.87. The first-order valence-electron chi connectivity index (χ1n) is 3.85. The van der Waals surface area contributed by atoms with E-state index in [1.807, 2.05) is 26.0 Å². The Bertz CT molecular complexity index is 196. The number of nitrogens with one attached hydrogen (secondary N) is 1. The van der Waals surface area contributed by atoms with Crippen LogP contribution in [0.25, 0.3) is 0 Å². The Labute approximate surface area is 93.2 Å². The molecule has 0 radical (unpaired) electrons. The number of carbonyl (C=O) groups is 1. The summed E-state index contributed by atoms with van der Waals surface area (Å²) in [4.78, 5) is 11.0. The number of rotatable bonds is 3. The molecule has 2 nitrogen and oxygen atoms in total. The van der Waals surface area contributed by atoms with Crippen LogP contribution in [0.3, 0.4) is 0 Å². The largest absolute Gasteiger partial charge is 0.349 e. The van der Waals surface area contributed by atoms with E-state index in [1.54, 1.807) is 0 Å². The van der Waals surface area contributed by atoms with Crippen molar-refractivity contribution in [3.63, 3.8) is 0 Å². The Morgan fingerprint density at radius 1 is 1.46 bits per heavy atom. The van der Waals surface area contributed by atoms with Gasteiger partial charge in [-0.25, -0.2) is 0 Å². The van der Waals surface area contributed by atoms with Crippen LogP contribution in [0.5, 0.6) is 0 Å². The molecule has 0 fully saturated rings. The average molecular weight is 245 g/mol. The normalized spacial score (nSPS) is 12.5. The van der Waals surface area contributed by atoms with Gasteiger partial charge in [-0.3, -0.25) is 4.79 Å². The summed E-state index contributed by atoms with van der Waals surface area (Å²) >= 11 is 16.0. The zero-order chi connectivity index (χ0) is 10.5. The topological polar surface area (TPSA) is 29.1 Å². The monoisotopic (exact) mass is 243 g/mol. The molecule has 0 spiro atoms. The number of alkyl halides is 3. The predicted octanol–water partition coefficient (Wildman–Crippen LogP) is 2.69. The van der Waals surface area contributed by atoms with Gasteiger partial charge < -0.3 is 5.32 Å². The molecule has 0 aromatic heterocycles. The third kappa shape index (κ3) is 7.17. The quantitative estimate of drug-likeness (QED) is 0.600. The molecule has 0 aromatic carbocycles. The maximum atomic E-state index is 11.0. The first-order chi connectivity index (χ1) is 5.84. The van der Waals surface area contributed by atoms with E-state index in [1.165, 1.54) is 0 Å². The molecule has 0 aliphatic carbocycles. The van der Waals surface area contributed by atoms with Crippen LogP contribution in [0.15, 0.2) is 12.2 Å². The highest BCUT2D eigenvalue weighted by Gasteiger charge is 2.29. The van der Waals surface area contributed by atoms with Gasteiger partial charge in [-0.05, 0) is 5.92 Å². The van der Waals surface area contributed by atoms with Crippen LogP contribution in [-0.2, 0) is 4.79 Å². The molecule has 0 aromatic rings. The smallest absolute Gasteiger partial charge is 0.272 e. The number of hydrogen-bond donors (Lipinski definition) is 1. The summed E-state index contributed by atoms with van der Waals surface area (Å²) in [6.07, 6.45) is 3.78. The molecule has 0 atom stereocenters. The van der Waals surface area contributed by atoms with Crippen molar-refractivity contribution < 1.29 is 4.79 Å². The second-order valence-corrected chi connectivity index (χ2v) is 5.16. The summed E-state index contributed by atoms with van der Waals surface area (Å²) < 4.78 is -1.87. The fourth-order valence-electron chi connectivity index (χ4n) is 0.592. The van der Waals surface area contributed by atoms with Crippen molar-refractivity contribution in [1.82, 2.24) is 5.32 Å². The van der Waals surface area contributed by atoms with E-state index in [0.717, 1.165) is 0 Å². The molecule has 76 valence electrons. The fourth-order valence-corrected chi connectivity index (χ4v) is 0.792. The molecule has 13 heavy (non-hydrogen) atoms. The van der Waals surface area contributed by atoms with Crippen LogP contribution in [0.1, 0.15) is 13.8 Å². The van der Waals surface area contributed by atoms with Crippen molar-refractivity contribution in [1.29, 1.82) is 0 Å². The highest BCUT2D eigenvalue weighted by Crippen LogP contribution is 2.25. The molecule has 0 heterocycles. The van der Waals surface area contributed by atoms with Crippen LogP contribution in [0, 0.1) is 5.92 Å². The van der Waals surface area contributed by atoms with Gasteiger partial charge in [0.2, 0.25) is 0 Å². The van der Waals surface area contributed by atoms with Gasteiger partial charge in [-0.1, -0.05) is 60.8 Å². The van der Waals surface area contributed by atoms with Crippen molar-refractivity contribution in [3.8, 4) is 0 Å². The number of hydrogen-bond acceptors (Lipinski definition) is 1. The third-order valence-electron chi connectivity index (χ3n) is 1.16. The van der Waals surface area contributed by atoms with E-state index in [4.69, 9.17) is 34.8 Å². The van der Waals surface area contributed by atoms with E-state index >= 15 is 0 Å². The SMILES string of the molecule is CC(C)/C=C/CNC(=O)C(Cl)(Cl)Cl.